The molecule has 0 bridgehead atoms. The van der Waals surface area contributed by atoms with Crippen molar-refractivity contribution in [1.82, 2.24) is 15.2 Å². The zero-order valence-corrected chi connectivity index (χ0v) is 16.0. The maximum absolute atomic E-state index is 11.8. The van der Waals surface area contributed by atoms with Gasteiger partial charge in [-0.15, -0.1) is 0 Å². The predicted molar refractivity (Wildman–Crippen MR) is 101 cm³/mol. The number of ether oxygens (including phenoxy) is 2. The average Bonchev–Trinajstić information content (AvgIpc) is 2.68. The molecule has 144 valence electrons. The van der Waals surface area contributed by atoms with E-state index in [9.17, 15) is 4.79 Å². The van der Waals surface area contributed by atoms with Crippen molar-refractivity contribution in [2.24, 2.45) is 10.9 Å². The number of nitrogens with one attached hydrogen (secondary N) is 1. The fourth-order valence-electron chi connectivity index (χ4n) is 2.91. The number of hydrogen-bond donors (Lipinski definition) is 1. The Balaban J connectivity index is 1.80. The summed E-state index contributed by atoms with van der Waals surface area (Å²) in [6, 6.07) is 3.89. The molecule has 1 aromatic rings. The molecular formula is C19H30N4O3. The molecule has 2 heterocycles. The molecular weight excluding hydrogens is 332 g/mol. The summed E-state index contributed by atoms with van der Waals surface area (Å²) in [5.41, 5.74) is 1.07. The van der Waals surface area contributed by atoms with E-state index in [0.717, 1.165) is 43.9 Å². The maximum Gasteiger partial charge on any atom is 0.309 e. The Morgan fingerprint density at radius 1 is 1.35 bits per heavy atom. The van der Waals surface area contributed by atoms with Crippen molar-refractivity contribution in [2.45, 2.75) is 39.7 Å². The molecule has 1 saturated heterocycles. The molecule has 0 spiro atoms. The number of esters is 1. The molecule has 1 aliphatic heterocycles. The van der Waals surface area contributed by atoms with Crippen molar-refractivity contribution in [3.8, 4) is 5.88 Å². The predicted octanol–water partition coefficient (Wildman–Crippen LogP) is 2.22. The first-order valence-electron chi connectivity index (χ1n) is 9.37. The highest BCUT2D eigenvalue weighted by molar-refractivity contribution is 5.80. The normalized spacial score (nSPS) is 15.7. The Bertz CT molecular complexity index is 581. The Kier molecular flexibility index (Phi) is 8.18. The molecule has 2 rings (SSSR count). The van der Waals surface area contributed by atoms with E-state index in [0.29, 0.717) is 25.6 Å². The van der Waals surface area contributed by atoms with Crippen LogP contribution in [0, 0.1) is 5.92 Å². The molecule has 0 aliphatic carbocycles. The van der Waals surface area contributed by atoms with E-state index in [1.807, 2.05) is 25.3 Å². The van der Waals surface area contributed by atoms with Crippen molar-refractivity contribution >= 4 is 11.9 Å². The van der Waals surface area contributed by atoms with Gasteiger partial charge in [0.1, 0.15) is 0 Å². The first kappa shape index (κ1) is 20.0. The lowest BCUT2D eigenvalue weighted by Crippen LogP contribution is -2.46. The van der Waals surface area contributed by atoms with Gasteiger partial charge < -0.3 is 19.7 Å². The monoisotopic (exact) mass is 362 g/mol. The first-order valence-corrected chi connectivity index (χ1v) is 9.37. The molecule has 0 saturated carbocycles. The molecule has 0 aromatic carbocycles. The van der Waals surface area contributed by atoms with Crippen LogP contribution in [-0.4, -0.2) is 55.2 Å². The zero-order valence-electron chi connectivity index (χ0n) is 16.0. The standard InChI is InChI=1S/C19H30N4O3/c1-4-12-26-17-7-6-15(13-21-17)14-22-19(20-3)23-10-8-16(9-11-23)18(24)25-5-2/h6-7,13,16H,4-5,8-12,14H2,1-3H3,(H,20,22). The first-order chi connectivity index (χ1) is 12.7. The summed E-state index contributed by atoms with van der Waals surface area (Å²) in [4.78, 5) is 22.7. The largest absolute Gasteiger partial charge is 0.478 e. The fraction of sp³-hybridized carbons (Fsp3) is 0.632. The van der Waals surface area contributed by atoms with Gasteiger partial charge in [-0.05, 0) is 31.7 Å². The van der Waals surface area contributed by atoms with Crippen molar-refractivity contribution in [2.75, 3.05) is 33.4 Å². The van der Waals surface area contributed by atoms with Gasteiger partial charge in [0.2, 0.25) is 5.88 Å². The van der Waals surface area contributed by atoms with E-state index < -0.39 is 0 Å². The van der Waals surface area contributed by atoms with Crippen LogP contribution in [0.25, 0.3) is 0 Å². The van der Waals surface area contributed by atoms with Crippen LogP contribution in [0.15, 0.2) is 23.3 Å². The third-order valence-electron chi connectivity index (χ3n) is 4.33. The molecule has 7 heteroatoms. The Morgan fingerprint density at radius 2 is 2.12 bits per heavy atom. The van der Waals surface area contributed by atoms with Crippen LogP contribution in [0.5, 0.6) is 5.88 Å². The number of aromatic nitrogens is 1. The maximum atomic E-state index is 11.8. The molecule has 1 aromatic heterocycles. The quantitative estimate of drug-likeness (QED) is 0.455. The van der Waals surface area contributed by atoms with Gasteiger partial charge in [0.05, 0.1) is 19.1 Å². The zero-order chi connectivity index (χ0) is 18.8. The minimum Gasteiger partial charge on any atom is -0.478 e. The number of piperidine rings is 1. The van der Waals surface area contributed by atoms with Crippen LogP contribution in [0.1, 0.15) is 38.7 Å². The van der Waals surface area contributed by atoms with E-state index in [1.54, 1.807) is 7.05 Å². The van der Waals surface area contributed by atoms with Crippen molar-refractivity contribution in [1.29, 1.82) is 0 Å². The third-order valence-corrected chi connectivity index (χ3v) is 4.33. The van der Waals surface area contributed by atoms with Crippen molar-refractivity contribution in [3.05, 3.63) is 23.9 Å². The van der Waals surface area contributed by atoms with Gasteiger partial charge in [-0.2, -0.15) is 0 Å². The Morgan fingerprint density at radius 3 is 2.69 bits per heavy atom. The van der Waals surface area contributed by atoms with Crippen molar-refractivity contribution < 1.29 is 14.3 Å². The second-order valence-electron chi connectivity index (χ2n) is 6.27. The summed E-state index contributed by atoms with van der Waals surface area (Å²) in [7, 11) is 1.78. The van der Waals surface area contributed by atoms with E-state index in [2.05, 4.69) is 27.1 Å². The fourth-order valence-corrected chi connectivity index (χ4v) is 2.91. The van der Waals surface area contributed by atoms with E-state index in [1.165, 1.54) is 0 Å². The smallest absolute Gasteiger partial charge is 0.309 e. The van der Waals surface area contributed by atoms with Crippen LogP contribution in [-0.2, 0) is 16.1 Å². The molecule has 0 unspecified atom stereocenters. The number of rotatable bonds is 7. The van der Waals surface area contributed by atoms with E-state index in [-0.39, 0.29) is 11.9 Å². The number of nitrogens with zero attached hydrogens (tertiary/aromatic N) is 3. The number of guanidine groups is 1. The number of hydrogen-bond acceptors (Lipinski definition) is 5. The Hall–Kier alpha value is -2.31. The molecule has 7 nitrogen and oxygen atoms in total. The van der Waals surface area contributed by atoms with Gasteiger partial charge in [-0.3, -0.25) is 9.79 Å². The second kappa shape index (κ2) is 10.6. The molecule has 26 heavy (non-hydrogen) atoms. The van der Waals surface area contributed by atoms with E-state index >= 15 is 0 Å². The van der Waals surface area contributed by atoms with Crippen LogP contribution in [0.4, 0.5) is 0 Å². The lowest BCUT2D eigenvalue weighted by Gasteiger charge is -2.33. The van der Waals surface area contributed by atoms with Gasteiger partial charge in [0.25, 0.3) is 0 Å². The number of carbonyl (C=O) groups is 1. The second-order valence-corrected chi connectivity index (χ2v) is 6.27. The number of carbonyl (C=O) groups excluding carboxylic acids is 1. The highest BCUT2D eigenvalue weighted by Gasteiger charge is 2.27. The highest BCUT2D eigenvalue weighted by Crippen LogP contribution is 2.19. The van der Waals surface area contributed by atoms with Gasteiger partial charge in [0, 0.05) is 38.9 Å². The summed E-state index contributed by atoms with van der Waals surface area (Å²) >= 11 is 0. The summed E-state index contributed by atoms with van der Waals surface area (Å²) in [6.07, 6.45) is 4.38. The molecule has 0 radical (unpaired) electrons. The number of aliphatic imine (C=N–C) groups is 1. The average molecular weight is 362 g/mol. The minimum atomic E-state index is -0.0773. The third kappa shape index (κ3) is 5.89. The number of pyridine rings is 1. The van der Waals surface area contributed by atoms with E-state index in [4.69, 9.17) is 9.47 Å². The summed E-state index contributed by atoms with van der Waals surface area (Å²) < 4.78 is 10.6. The van der Waals surface area contributed by atoms with Gasteiger partial charge >= 0.3 is 5.97 Å². The molecule has 0 atom stereocenters. The molecule has 1 fully saturated rings. The highest BCUT2D eigenvalue weighted by atomic mass is 16.5. The number of likely N-dealkylation sites (tertiary alicyclic amines) is 1. The lowest BCUT2D eigenvalue weighted by molar-refractivity contribution is -0.149. The summed E-state index contributed by atoms with van der Waals surface area (Å²) in [5.74, 6) is 1.43. The van der Waals surface area contributed by atoms with Gasteiger partial charge in [0.15, 0.2) is 5.96 Å². The summed E-state index contributed by atoms with van der Waals surface area (Å²) in [6.45, 7) is 7.27. The molecule has 1 aliphatic rings. The van der Waals surface area contributed by atoms with Crippen LogP contribution >= 0.6 is 0 Å². The SMILES string of the molecule is CCCOc1ccc(CNC(=NC)N2CCC(C(=O)OCC)CC2)cn1. The van der Waals surface area contributed by atoms with Gasteiger partial charge in [-0.25, -0.2) is 4.98 Å². The lowest BCUT2D eigenvalue weighted by atomic mass is 9.97. The molecule has 1 N–H and O–H groups in total. The minimum absolute atomic E-state index is 0.00386. The van der Waals surface area contributed by atoms with Crippen molar-refractivity contribution in [3.63, 3.8) is 0 Å². The molecule has 0 amide bonds. The van der Waals surface area contributed by atoms with Crippen LogP contribution < -0.4 is 10.1 Å². The van der Waals surface area contributed by atoms with Crippen LogP contribution in [0.2, 0.25) is 0 Å². The topological polar surface area (TPSA) is 76.0 Å². The van der Waals surface area contributed by atoms with Gasteiger partial charge in [-0.1, -0.05) is 13.0 Å². The Labute approximate surface area is 155 Å². The van der Waals surface area contributed by atoms with Crippen LogP contribution in [0.3, 0.4) is 0 Å². The summed E-state index contributed by atoms with van der Waals surface area (Å²) in [5, 5.41) is 3.37.